The van der Waals surface area contributed by atoms with Crippen LogP contribution in [-0.2, 0) is 13.0 Å². The average Bonchev–Trinajstić information content (AvgIpc) is 3.30. The van der Waals surface area contributed by atoms with Crippen molar-refractivity contribution in [3.8, 4) is 11.5 Å². The summed E-state index contributed by atoms with van der Waals surface area (Å²) >= 11 is 5.33. The zero-order valence-corrected chi connectivity index (χ0v) is 16.9. The number of hydrogen-bond acceptors (Lipinski definition) is 6. The monoisotopic (exact) mass is 408 g/mol. The van der Waals surface area contributed by atoms with E-state index in [1.54, 1.807) is 24.1 Å². The highest BCUT2D eigenvalue weighted by atomic mass is 32.1. The van der Waals surface area contributed by atoms with Crippen molar-refractivity contribution in [3.05, 3.63) is 70.5 Å². The van der Waals surface area contributed by atoms with Gasteiger partial charge in [0, 0.05) is 23.4 Å². The minimum atomic E-state index is 0.199. The normalized spacial score (nSPS) is 11.4. The fourth-order valence-corrected chi connectivity index (χ4v) is 3.21. The molecule has 0 aliphatic heterocycles. The highest BCUT2D eigenvalue weighted by Crippen LogP contribution is 2.25. The Morgan fingerprint density at radius 2 is 2.03 bits per heavy atom. The number of methoxy groups -OCH3 is 1. The Bertz CT molecular complexity index is 1220. The van der Waals surface area contributed by atoms with Crippen molar-refractivity contribution < 1.29 is 13.9 Å². The van der Waals surface area contributed by atoms with Crippen molar-refractivity contribution in [2.24, 2.45) is 5.10 Å². The number of nitrogens with zero attached hydrogens (tertiary/aromatic N) is 3. The molecule has 7 nitrogen and oxygen atoms in total. The van der Waals surface area contributed by atoms with E-state index in [1.807, 2.05) is 49.4 Å². The van der Waals surface area contributed by atoms with E-state index in [2.05, 4.69) is 15.3 Å². The van der Waals surface area contributed by atoms with Crippen LogP contribution >= 0.6 is 12.2 Å². The zero-order chi connectivity index (χ0) is 20.2. The first kappa shape index (κ1) is 18.9. The first-order valence-corrected chi connectivity index (χ1v) is 9.58. The summed E-state index contributed by atoms with van der Waals surface area (Å²) in [6.45, 7) is 2.25. The van der Waals surface area contributed by atoms with Crippen molar-refractivity contribution in [1.29, 1.82) is 0 Å². The molecule has 1 N–H and O–H groups in total. The molecule has 2 heterocycles. The van der Waals surface area contributed by atoms with Gasteiger partial charge in [-0.1, -0.05) is 31.2 Å². The number of benzene rings is 2. The van der Waals surface area contributed by atoms with Crippen LogP contribution in [0, 0.1) is 4.77 Å². The second kappa shape index (κ2) is 8.32. The molecule has 4 rings (SSSR count). The molecule has 0 saturated carbocycles. The van der Waals surface area contributed by atoms with E-state index in [0.29, 0.717) is 16.3 Å². The molecule has 0 aliphatic rings. The maximum absolute atomic E-state index is 5.92. The molecule has 8 heteroatoms. The summed E-state index contributed by atoms with van der Waals surface area (Å²) in [5, 5.41) is 12.5. The number of para-hydroxylation sites is 1. The highest BCUT2D eigenvalue weighted by Gasteiger charge is 2.12. The van der Waals surface area contributed by atoms with Crippen LogP contribution in [0.4, 0.5) is 0 Å². The number of aryl methyl sites for hydroxylation is 1. The molecule has 0 fully saturated rings. The third kappa shape index (κ3) is 3.93. The lowest BCUT2D eigenvalue weighted by molar-refractivity contribution is 0.288. The Labute approximate surface area is 172 Å². The SMILES string of the molecule is CCc1oc2ccccc2c1/C=N\n1c(COc2cccc(OC)c2)n[nH]c1=S. The van der Waals surface area contributed by atoms with E-state index < -0.39 is 0 Å². The maximum atomic E-state index is 5.92. The van der Waals surface area contributed by atoms with Gasteiger partial charge in [0.05, 0.1) is 13.3 Å². The number of ether oxygens (including phenoxy) is 2. The van der Waals surface area contributed by atoms with Gasteiger partial charge in [0.1, 0.15) is 29.4 Å². The molecule has 0 amide bonds. The van der Waals surface area contributed by atoms with Crippen molar-refractivity contribution in [2.75, 3.05) is 7.11 Å². The standard InChI is InChI=1S/C21H20N4O3S/c1-3-18-17(16-9-4-5-10-19(16)28-18)12-22-25-20(23-24-21(25)29)13-27-15-8-6-7-14(11-15)26-2/h4-12H,3,13H2,1-2H3,(H,24,29)/b22-12-. The number of H-pyrrole nitrogens is 1. The van der Waals surface area contributed by atoms with Crippen molar-refractivity contribution in [1.82, 2.24) is 14.9 Å². The molecule has 4 aromatic rings. The summed E-state index contributed by atoms with van der Waals surface area (Å²) in [6, 6.07) is 15.3. The summed E-state index contributed by atoms with van der Waals surface area (Å²) in [4.78, 5) is 0. The maximum Gasteiger partial charge on any atom is 0.216 e. The third-order valence-electron chi connectivity index (χ3n) is 4.46. The minimum Gasteiger partial charge on any atom is -0.497 e. The second-order valence-electron chi connectivity index (χ2n) is 6.26. The van der Waals surface area contributed by atoms with Crippen molar-refractivity contribution in [3.63, 3.8) is 0 Å². The Kier molecular flexibility index (Phi) is 5.44. The number of hydrogen-bond donors (Lipinski definition) is 1. The fourth-order valence-electron chi connectivity index (χ4n) is 3.01. The number of furan rings is 1. The number of rotatable bonds is 7. The van der Waals surface area contributed by atoms with Gasteiger partial charge in [0.15, 0.2) is 5.82 Å². The van der Waals surface area contributed by atoms with Gasteiger partial charge in [-0.25, -0.2) is 5.10 Å². The zero-order valence-electron chi connectivity index (χ0n) is 16.1. The van der Waals surface area contributed by atoms with E-state index in [4.69, 9.17) is 26.1 Å². The quantitative estimate of drug-likeness (QED) is 0.354. The van der Waals surface area contributed by atoms with Gasteiger partial charge in [0.25, 0.3) is 0 Å². The van der Waals surface area contributed by atoms with Crippen LogP contribution in [0.3, 0.4) is 0 Å². The number of aromatic amines is 1. The summed E-state index contributed by atoms with van der Waals surface area (Å²) in [7, 11) is 1.61. The van der Waals surface area contributed by atoms with E-state index in [1.165, 1.54) is 0 Å². The van der Waals surface area contributed by atoms with Gasteiger partial charge in [-0.05, 0) is 30.4 Å². The molecule has 0 bridgehead atoms. The highest BCUT2D eigenvalue weighted by molar-refractivity contribution is 7.71. The Morgan fingerprint density at radius 1 is 1.21 bits per heavy atom. The summed E-state index contributed by atoms with van der Waals surface area (Å²) in [5.41, 5.74) is 1.77. The smallest absolute Gasteiger partial charge is 0.216 e. The van der Waals surface area contributed by atoms with Crippen LogP contribution < -0.4 is 9.47 Å². The molecular formula is C21H20N4O3S. The van der Waals surface area contributed by atoms with Gasteiger partial charge in [0.2, 0.25) is 4.77 Å². The molecule has 0 spiro atoms. The van der Waals surface area contributed by atoms with Crippen molar-refractivity contribution in [2.45, 2.75) is 20.0 Å². The molecule has 0 unspecified atom stereocenters. The van der Waals surface area contributed by atoms with Gasteiger partial charge < -0.3 is 13.9 Å². The van der Waals surface area contributed by atoms with Gasteiger partial charge in [-0.2, -0.15) is 14.9 Å². The lowest BCUT2D eigenvalue weighted by Crippen LogP contribution is -2.04. The molecule has 148 valence electrons. The lowest BCUT2D eigenvalue weighted by atomic mass is 10.1. The first-order chi connectivity index (χ1) is 14.2. The van der Waals surface area contributed by atoms with E-state index in [9.17, 15) is 0 Å². The molecule has 29 heavy (non-hydrogen) atoms. The van der Waals surface area contributed by atoms with Crippen LogP contribution in [0.15, 0.2) is 58.0 Å². The van der Waals surface area contributed by atoms with E-state index in [-0.39, 0.29) is 6.61 Å². The third-order valence-corrected chi connectivity index (χ3v) is 4.73. The predicted molar refractivity (Wildman–Crippen MR) is 113 cm³/mol. The lowest BCUT2D eigenvalue weighted by Gasteiger charge is -2.07. The molecule has 0 saturated heterocycles. The summed E-state index contributed by atoms with van der Waals surface area (Å²) in [6.07, 6.45) is 2.52. The molecule has 0 radical (unpaired) electrons. The Morgan fingerprint density at radius 3 is 2.86 bits per heavy atom. The average molecular weight is 408 g/mol. The molecule has 0 atom stereocenters. The topological polar surface area (TPSA) is 77.6 Å². The largest absolute Gasteiger partial charge is 0.497 e. The molecule has 2 aromatic heterocycles. The summed E-state index contributed by atoms with van der Waals surface area (Å²) in [5.74, 6) is 2.82. The Balaban J connectivity index is 1.60. The molecular weight excluding hydrogens is 388 g/mol. The number of nitrogens with one attached hydrogen (secondary N) is 1. The van der Waals surface area contributed by atoms with E-state index in [0.717, 1.165) is 34.5 Å². The second-order valence-corrected chi connectivity index (χ2v) is 6.64. The van der Waals surface area contributed by atoms with E-state index >= 15 is 0 Å². The number of aromatic nitrogens is 3. The van der Waals surface area contributed by atoms with Crippen LogP contribution in [0.5, 0.6) is 11.5 Å². The van der Waals surface area contributed by atoms with Crippen LogP contribution in [-0.4, -0.2) is 28.2 Å². The molecule has 0 aliphatic carbocycles. The van der Waals surface area contributed by atoms with Crippen LogP contribution in [0.1, 0.15) is 24.1 Å². The van der Waals surface area contributed by atoms with Gasteiger partial charge >= 0.3 is 0 Å². The van der Waals surface area contributed by atoms with Crippen molar-refractivity contribution >= 4 is 29.4 Å². The predicted octanol–water partition coefficient (Wildman–Crippen LogP) is 4.72. The number of fused-ring (bicyclic) bond motifs is 1. The first-order valence-electron chi connectivity index (χ1n) is 9.17. The van der Waals surface area contributed by atoms with Gasteiger partial charge in [-0.15, -0.1) is 0 Å². The van der Waals surface area contributed by atoms with Gasteiger partial charge in [-0.3, -0.25) is 0 Å². The summed E-state index contributed by atoms with van der Waals surface area (Å²) < 4.78 is 18.9. The fraction of sp³-hybridized carbons (Fsp3) is 0.190. The molecule has 2 aromatic carbocycles. The van der Waals surface area contributed by atoms with Crippen LogP contribution in [0.2, 0.25) is 0 Å². The Hall–Kier alpha value is -3.39. The van der Waals surface area contributed by atoms with Crippen LogP contribution in [0.25, 0.3) is 11.0 Å². The minimum absolute atomic E-state index is 0.199.